The molecule has 15 heavy (non-hydrogen) atoms. The van der Waals surface area contributed by atoms with Crippen molar-refractivity contribution in [1.29, 1.82) is 0 Å². The van der Waals surface area contributed by atoms with Crippen LogP contribution < -0.4 is 10.2 Å². The summed E-state index contributed by atoms with van der Waals surface area (Å²) in [7, 11) is 3.77. The molecule has 2 nitrogen and oxygen atoms in total. The molecule has 1 heterocycles. The second-order valence-corrected chi connectivity index (χ2v) is 4.22. The van der Waals surface area contributed by atoms with Crippen molar-refractivity contribution in [1.82, 2.24) is 5.32 Å². The highest BCUT2D eigenvalue weighted by atomic mass is 19.1. The van der Waals surface area contributed by atoms with E-state index < -0.39 is 0 Å². The third kappa shape index (κ3) is 1.97. The van der Waals surface area contributed by atoms with Crippen molar-refractivity contribution in [3.05, 3.63) is 29.6 Å². The lowest BCUT2D eigenvalue weighted by Gasteiger charge is -2.21. The molecule has 0 spiro atoms. The summed E-state index contributed by atoms with van der Waals surface area (Å²) in [6.07, 6.45) is 2.28. The Morgan fingerprint density at radius 1 is 1.40 bits per heavy atom. The van der Waals surface area contributed by atoms with Crippen molar-refractivity contribution < 1.29 is 4.39 Å². The Morgan fingerprint density at radius 3 is 2.80 bits per heavy atom. The molecular weight excluding hydrogens is 191 g/mol. The van der Waals surface area contributed by atoms with E-state index in [0.29, 0.717) is 6.04 Å². The minimum absolute atomic E-state index is 0.133. The Morgan fingerprint density at radius 2 is 2.20 bits per heavy atom. The van der Waals surface area contributed by atoms with Gasteiger partial charge in [-0.25, -0.2) is 4.39 Å². The minimum atomic E-state index is -0.133. The summed E-state index contributed by atoms with van der Waals surface area (Å²) in [5, 5.41) is 3.40. The molecule has 0 aromatic heterocycles. The molecule has 0 aliphatic carbocycles. The second kappa shape index (κ2) is 4.19. The van der Waals surface area contributed by atoms with Gasteiger partial charge in [0.05, 0.1) is 5.69 Å². The number of para-hydroxylation sites is 1. The maximum absolute atomic E-state index is 13.7. The molecule has 1 N–H and O–H groups in total. The first-order chi connectivity index (χ1) is 7.20. The molecule has 1 saturated heterocycles. The van der Waals surface area contributed by atoms with Gasteiger partial charge in [0.15, 0.2) is 0 Å². The summed E-state index contributed by atoms with van der Waals surface area (Å²) < 4.78 is 13.7. The Kier molecular flexibility index (Phi) is 2.91. The topological polar surface area (TPSA) is 15.3 Å². The largest absolute Gasteiger partial charge is 0.375 e. The summed E-state index contributed by atoms with van der Waals surface area (Å²) in [5.74, 6) is -0.133. The molecule has 0 radical (unpaired) electrons. The zero-order valence-corrected chi connectivity index (χ0v) is 9.26. The fraction of sp³-hybridized carbons (Fsp3) is 0.500. The molecule has 1 aliphatic heterocycles. The lowest BCUT2D eigenvalue weighted by atomic mass is 10.0. The van der Waals surface area contributed by atoms with Crippen LogP contribution >= 0.6 is 0 Å². The van der Waals surface area contributed by atoms with Crippen LogP contribution in [0.4, 0.5) is 10.1 Å². The number of halogens is 1. The molecule has 2 rings (SSSR count). The third-order valence-electron chi connectivity index (χ3n) is 2.90. The van der Waals surface area contributed by atoms with E-state index in [4.69, 9.17) is 0 Å². The Hall–Kier alpha value is -1.09. The molecule has 0 bridgehead atoms. The summed E-state index contributed by atoms with van der Waals surface area (Å²) in [6.45, 7) is 1.04. The van der Waals surface area contributed by atoms with E-state index >= 15 is 0 Å². The van der Waals surface area contributed by atoms with E-state index in [2.05, 4.69) is 5.32 Å². The second-order valence-electron chi connectivity index (χ2n) is 4.22. The summed E-state index contributed by atoms with van der Waals surface area (Å²) in [4.78, 5) is 1.85. The monoisotopic (exact) mass is 208 g/mol. The van der Waals surface area contributed by atoms with Crippen LogP contribution in [0, 0.1) is 5.82 Å². The Bertz CT molecular complexity index is 343. The number of hydrogen-bond donors (Lipinski definition) is 1. The number of rotatable bonds is 2. The first-order valence-corrected chi connectivity index (χ1v) is 5.39. The zero-order valence-electron chi connectivity index (χ0n) is 9.26. The molecule has 0 amide bonds. The highest BCUT2D eigenvalue weighted by Crippen LogP contribution is 2.32. The van der Waals surface area contributed by atoms with E-state index in [9.17, 15) is 4.39 Å². The van der Waals surface area contributed by atoms with E-state index in [1.165, 1.54) is 12.5 Å². The van der Waals surface area contributed by atoms with Crippen LogP contribution in [0.25, 0.3) is 0 Å². The average Bonchev–Trinajstić information content (AvgIpc) is 2.69. The minimum Gasteiger partial charge on any atom is -0.375 e. The number of nitrogens with zero attached hydrogens (tertiary/aromatic N) is 1. The van der Waals surface area contributed by atoms with Gasteiger partial charge in [-0.05, 0) is 31.0 Å². The maximum Gasteiger partial charge on any atom is 0.146 e. The van der Waals surface area contributed by atoms with Crippen molar-refractivity contribution in [2.75, 3.05) is 25.5 Å². The van der Waals surface area contributed by atoms with Crippen LogP contribution in [-0.4, -0.2) is 20.6 Å². The Balaban J connectivity index is 2.40. The van der Waals surface area contributed by atoms with Crippen LogP contribution in [0.2, 0.25) is 0 Å². The lowest BCUT2D eigenvalue weighted by Crippen LogP contribution is -2.19. The van der Waals surface area contributed by atoms with Crippen molar-refractivity contribution in [2.45, 2.75) is 18.9 Å². The molecule has 3 heteroatoms. The smallest absolute Gasteiger partial charge is 0.146 e. The number of nitrogens with one attached hydrogen (secondary N) is 1. The van der Waals surface area contributed by atoms with Crippen molar-refractivity contribution in [3.63, 3.8) is 0 Å². The van der Waals surface area contributed by atoms with Crippen LogP contribution in [0.15, 0.2) is 18.2 Å². The molecule has 1 unspecified atom stereocenters. The Labute approximate surface area is 90.1 Å². The van der Waals surface area contributed by atoms with Gasteiger partial charge in [-0.2, -0.15) is 0 Å². The van der Waals surface area contributed by atoms with Gasteiger partial charge in [0.1, 0.15) is 5.82 Å². The fourth-order valence-corrected chi connectivity index (χ4v) is 2.24. The van der Waals surface area contributed by atoms with Crippen molar-refractivity contribution in [3.8, 4) is 0 Å². The van der Waals surface area contributed by atoms with E-state index in [0.717, 1.165) is 24.2 Å². The molecule has 1 atom stereocenters. The van der Waals surface area contributed by atoms with Crippen molar-refractivity contribution >= 4 is 5.69 Å². The fourth-order valence-electron chi connectivity index (χ4n) is 2.24. The molecule has 1 aromatic carbocycles. The molecular formula is C12H17FN2. The van der Waals surface area contributed by atoms with Gasteiger partial charge in [0, 0.05) is 20.1 Å². The van der Waals surface area contributed by atoms with Gasteiger partial charge in [-0.15, -0.1) is 0 Å². The lowest BCUT2D eigenvalue weighted by molar-refractivity contribution is 0.605. The van der Waals surface area contributed by atoms with Gasteiger partial charge in [-0.1, -0.05) is 12.1 Å². The van der Waals surface area contributed by atoms with Crippen LogP contribution in [0.3, 0.4) is 0 Å². The molecule has 1 aromatic rings. The maximum atomic E-state index is 13.7. The van der Waals surface area contributed by atoms with Crippen LogP contribution in [-0.2, 0) is 0 Å². The zero-order chi connectivity index (χ0) is 10.8. The van der Waals surface area contributed by atoms with Crippen molar-refractivity contribution in [2.24, 2.45) is 0 Å². The van der Waals surface area contributed by atoms with Gasteiger partial charge in [0.25, 0.3) is 0 Å². The molecule has 82 valence electrons. The number of hydrogen-bond acceptors (Lipinski definition) is 2. The highest BCUT2D eigenvalue weighted by Gasteiger charge is 2.21. The van der Waals surface area contributed by atoms with Gasteiger partial charge in [0.2, 0.25) is 0 Å². The summed E-state index contributed by atoms with van der Waals surface area (Å²) in [6, 6.07) is 5.64. The van der Waals surface area contributed by atoms with Crippen LogP contribution in [0.5, 0.6) is 0 Å². The first-order valence-electron chi connectivity index (χ1n) is 5.39. The SMILES string of the molecule is CN(C)c1c(F)cccc1C1CCCN1. The molecule has 0 saturated carbocycles. The van der Waals surface area contributed by atoms with Gasteiger partial charge in [-0.3, -0.25) is 0 Å². The van der Waals surface area contributed by atoms with E-state index in [-0.39, 0.29) is 5.82 Å². The quantitative estimate of drug-likeness (QED) is 0.802. The first kappa shape index (κ1) is 10.4. The molecule has 1 fully saturated rings. The predicted octanol–water partition coefficient (Wildman–Crippen LogP) is 2.32. The van der Waals surface area contributed by atoms with E-state index in [1.807, 2.05) is 25.1 Å². The summed E-state index contributed by atoms with van der Waals surface area (Å²) in [5.41, 5.74) is 1.80. The molecule has 1 aliphatic rings. The number of benzene rings is 1. The van der Waals surface area contributed by atoms with Crippen LogP contribution in [0.1, 0.15) is 24.4 Å². The number of anilines is 1. The predicted molar refractivity (Wildman–Crippen MR) is 60.7 cm³/mol. The van der Waals surface area contributed by atoms with Gasteiger partial charge < -0.3 is 10.2 Å². The van der Waals surface area contributed by atoms with Gasteiger partial charge >= 0.3 is 0 Å². The normalized spacial score (nSPS) is 20.6. The summed E-state index contributed by atoms with van der Waals surface area (Å²) >= 11 is 0. The van der Waals surface area contributed by atoms with E-state index in [1.54, 1.807) is 6.07 Å². The average molecular weight is 208 g/mol. The standard InChI is InChI=1S/C12H17FN2/c1-15(2)12-9(5-3-6-10(12)13)11-7-4-8-14-11/h3,5-6,11,14H,4,7-8H2,1-2H3. The third-order valence-corrected chi connectivity index (χ3v) is 2.90. The highest BCUT2D eigenvalue weighted by molar-refractivity contribution is 5.55.